The van der Waals surface area contributed by atoms with Gasteiger partial charge in [0, 0.05) is 11.8 Å². The highest BCUT2D eigenvalue weighted by molar-refractivity contribution is 5.11. The number of aliphatic hydroxyl groups excluding tert-OH is 2. The second-order valence-corrected chi connectivity index (χ2v) is 2.63. The third-order valence-corrected chi connectivity index (χ3v) is 1.80. The Hall–Kier alpha value is -0.520. The molecule has 0 radical (unpaired) electrons. The van der Waals surface area contributed by atoms with E-state index >= 15 is 0 Å². The molecule has 10 heavy (non-hydrogen) atoms. The van der Waals surface area contributed by atoms with Crippen LogP contribution in [0.25, 0.3) is 0 Å². The average Bonchev–Trinajstić information content (AvgIpc) is 2.05. The van der Waals surface area contributed by atoms with Gasteiger partial charge in [0.1, 0.15) is 0 Å². The molecule has 0 aliphatic heterocycles. The van der Waals surface area contributed by atoms with Crippen molar-refractivity contribution in [1.82, 2.24) is 0 Å². The number of hydrogen-bond acceptors (Lipinski definition) is 2. The van der Waals surface area contributed by atoms with Crippen LogP contribution in [-0.4, -0.2) is 23.4 Å². The van der Waals surface area contributed by atoms with Gasteiger partial charge in [0.15, 0.2) is 0 Å². The molecule has 0 saturated heterocycles. The van der Waals surface area contributed by atoms with Crippen LogP contribution in [0.15, 0.2) is 0 Å². The molecule has 1 aliphatic carbocycles. The van der Waals surface area contributed by atoms with Crippen molar-refractivity contribution in [3.05, 3.63) is 0 Å². The van der Waals surface area contributed by atoms with Gasteiger partial charge in [-0.1, -0.05) is 11.8 Å². The van der Waals surface area contributed by atoms with Crippen LogP contribution in [-0.2, 0) is 0 Å². The zero-order chi connectivity index (χ0) is 7.40. The highest BCUT2D eigenvalue weighted by atomic mass is 16.3. The Bertz CT molecular complexity index is 138. The molecule has 1 aliphatic rings. The number of rotatable bonds is 2. The SMILES string of the molecule is OCC1C#CC(CO)CC1. The minimum Gasteiger partial charge on any atom is -0.395 e. The first-order valence-electron chi connectivity index (χ1n) is 3.59. The summed E-state index contributed by atoms with van der Waals surface area (Å²) in [5.41, 5.74) is 0. The summed E-state index contributed by atoms with van der Waals surface area (Å²) < 4.78 is 0. The molecule has 0 aromatic heterocycles. The Balaban J connectivity index is 2.43. The van der Waals surface area contributed by atoms with E-state index in [2.05, 4.69) is 11.8 Å². The molecule has 0 fully saturated rings. The molecular weight excluding hydrogens is 128 g/mol. The van der Waals surface area contributed by atoms with E-state index in [-0.39, 0.29) is 25.0 Å². The first kappa shape index (κ1) is 7.59. The summed E-state index contributed by atoms with van der Waals surface area (Å²) in [7, 11) is 0. The molecule has 2 heteroatoms. The maximum absolute atomic E-state index is 8.68. The van der Waals surface area contributed by atoms with Crippen molar-refractivity contribution in [3.8, 4) is 11.8 Å². The average molecular weight is 140 g/mol. The zero-order valence-corrected chi connectivity index (χ0v) is 5.88. The third kappa shape index (κ3) is 1.73. The molecule has 0 aromatic rings. The van der Waals surface area contributed by atoms with Gasteiger partial charge in [-0.3, -0.25) is 0 Å². The lowest BCUT2D eigenvalue weighted by Crippen LogP contribution is -2.14. The van der Waals surface area contributed by atoms with E-state index in [9.17, 15) is 0 Å². The Morgan fingerprint density at radius 3 is 1.60 bits per heavy atom. The normalized spacial score (nSPS) is 31.0. The largest absolute Gasteiger partial charge is 0.395 e. The predicted octanol–water partition coefficient (Wildman–Crippen LogP) is 0.000600. The maximum atomic E-state index is 8.68. The lowest BCUT2D eigenvalue weighted by molar-refractivity contribution is 0.216. The number of hydrogen-bond donors (Lipinski definition) is 2. The van der Waals surface area contributed by atoms with Crippen molar-refractivity contribution in [2.45, 2.75) is 12.8 Å². The van der Waals surface area contributed by atoms with Crippen LogP contribution in [0.3, 0.4) is 0 Å². The predicted molar refractivity (Wildman–Crippen MR) is 38.2 cm³/mol. The van der Waals surface area contributed by atoms with Crippen molar-refractivity contribution < 1.29 is 10.2 Å². The highest BCUT2D eigenvalue weighted by Gasteiger charge is 2.13. The van der Waals surface area contributed by atoms with E-state index in [1.807, 2.05) is 0 Å². The van der Waals surface area contributed by atoms with Gasteiger partial charge in [0.05, 0.1) is 13.2 Å². The summed E-state index contributed by atoms with van der Waals surface area (Å²) in [6.07, 6.45) is 1.85. The molecule has 2 nitrogen and oxygen atoms in total. The van der Waals surface area contributed by atoms with Crippen LogP contribution in [0.4, 0.5) is 0 Å². The summed E-state index contributed by atoms with van der Waals surface area (Å²) in [5.74, 6) is 6.13. The quantitative estimate of drug-likeness (QED) is 0.530. The lowest BCUT2D eigenvalue weighted by Gasteiger charge is -2.15. The van der Waals surface area contributed by atoms with Crippen LogP contribution in [0.1, 0.15) is 12.8 Å². The van der Waals surface area contributed by atoms with Gasteiger partial charge in [-0.05, 0) is 12.8 Å². The molecule has 2 atom stereocenters. The molecule has 2 N–H and O–H groups in total. The standard InChI is InChI=1S/C8H12O2/c9-5-7-1-2-8(6-10)4-3-7/h7-10H,1-2,5-6H2. The highest BCUT2D eigenvalue weighted by Crippen LogP contribution is 2.15. The second-order valence-electron chi connectivity index (χ2n) is 2.63. The Kier molecular flexibility index (Phi) is 2.73. The molecule has 0 heterocycles. The molecule has 2 unspecified atom stereocenters. The Morgan fingerprint density at radius 2 is 1.40 bits per heavy atom. The summed E-state index contributed by atoms with van der Waals surface area (Å²) in [6, 6.07) is 0. The zero-order valence-electron chi connectivity index (χ0n) is 5.88. The summed E-state index contributed by atoms with van der Waals surface area (Å²) in [4.78, 5) is 0. The number of aliphatic hydroxyl groups is 2. The molecule has 0 bridgehead atoms. The molecule has 56 valence electrons. The van der Waals surface area contributed by atoms with Gasteiger partial charge in [0.25, 0.3) is 0 Å². The van der Waals surface area contributed by atoms with E-state index in [1.165, 1.54) is 0 Å². The molecular formula is C8H12O2. The van der Waals surface area contributed by atoms with E-state index in [0.717, 1.165) is 12.8 Å². The van der Waals surface area contributed by atoms with Crippen LogP contribution < -0.4 is 0 Å². The molecule has 0 aromatic carbocycles. The minimum atomic E-state index is 0.155. The topological polar surface area (TPSA) is 40.5 Å². The molecule has 0 saturated carbocycles. The molecule has 1 rings (SSSR count). The van der Waals surface area contributed by atoms with Crippen molar-refractivity contribution in [3.63, 3.8) is 0 Å². The van der Waals surface area contributed by atoms with Crippen LogP contribution in [0.5, 0.6) is 0 Å². The fourth-order valence-corrected chi connectivity index (χ4v) is 1.06. The van der Waals surface area contributed by atoms with Crippen LogP contribution in [0.2, 0.25) is 0 Å². The second kappa shape index (κ2) is 3.60. The van der Waals surface area contributed by atoms with E-state index in [1.54, 1.807) is 0 Å². The monoisotopic (exact) mass is 140 g/mol. The fraction of sp³-hybridized carbons (Fsp3) is 0.750. The Morgan fingerprint density at radius 1 is 1.00 bits per heavy atom. The maximum Gasteiger partial charge on any atom is 0.0568 e. The van der Waals surface area contributed by atoms with Crippen molar-refractivity contribution in [1.29, 1.82) is 0 Å². The van der Waals surface area contributed by atoms with Crippen molar-refractivity contribution >= 4 is 0 Å². The first-order chi connectivity index (χ1) is 4.86. The third-order valence-electron chi connectivity index (χ3n) is 1.80. The summed E-state index contributed by atoms with van der Waals surface area (Å²) in [5, 5.41) is 17.4. The molecule has 0 spiro atoms. The van der Waals surface area contributed by atoms with Gasteiger partial charge in [-0.15, -0.1) is 0 Å². The summed E-state index contributed by atoms with van der Waals surface area (Å²) >= 11 is 0. The van der Waals surface area contributed by atoms with Gasteiger partial charge >= 0.3 is 0 Å². The van der Waals surface area contributed by atoms with Crippen LogP contribution in [0, 0.1) is 23.7 Å². The smallest absolute Gasteiger partial charge is 0.0568 e. The van der Waals surface area contributed by atoms with Gasteiger partial charge in [-0.2, -0.15) is 0 Å². The van der Waals surface area contributed by atoms with Gasteiger partial charge < -0.3 is 10.2 Å². The molecule has 0 amide bonds. The van der Waals surface area contributed by atoms with E-state index < -0.39 is 0 Å². The van der Waals surface area contributed by atoms with E-state index in [0.29, 0.717) is 0 Å². The first-order valence-corrected chi connectivity index (χ1v) is 3.59. The van der Waals surface area contributed by atoms with Crippen molar-refractivity contribution in [2.75, 3.05) is 13.2 Å². The van der Waals surface area contributed by atoms with Gasteiger partial charge in [0.2, 0.25) is 0 Å². The summed E-state index contributed by atoms with van der Waals surface area (Å²) in [6.45, 7) is 0.316. The minimum absolute atomic E-state index is 0.155. The van der Waals surface area contributed by atoms with Gasteiger partial charge in [-0.25, -0.2) is 0 Å². The van der Waals surface area contributed by atoms with Crippen LogP contribution >= 0.6 is 0 Å². The fourth-order valence-electron chi connectivity index (χ4n) is 1.06. The lowest BCUT2D eigenvalue weighted by atomic mass is 9.92. The van der Waals surface area contributed by atoms with E-state index in [4.69, 9.17) is 10.2 Å². The Labute approximate surface area is 60.9 Å². The van der Waals surface area contributed by atoms with Crippen molar-refractivity contribution in [2.24, 2.45) is 11.8 Å².